The predicted octanol–water partition coefficient (Wildman–Crippen LogP) is 4.80. The fraction of sp³-hybridized carbons (Fsp3) is 0.0714. The third-order valence-electron chi connectivity index (χ3n) is 3.00. The first kappa shape index (κ1) is 15.2. The molecule has 9 heteroatoms. The molecule has 23 heavy (non-hydrogen) atoms. The molecule has 0 radical (unpaired) electrons. The molecule has 0 aliphatic rings. The Labute approximate surface area is 131 Å². The number of hydrogen-bond acceptors (Lipinski definition) is 5. The van der Waals surface area contributed by atoms with E-state index in [9.17, 15) is 23.3 Å². The molecule has 0 spiro atoms. The fourth-order valence-electron chi connectivity index (χ4n) is 2.02. The second kappa shape index (κ2) is 5.51. The topological polar surface area (TPSA) is 68.1 Å². The van der Waals surface area contributed by atoms with Crippen LogP contribution in [0.1, 0.15) is 0 Å². The number of aromatic nitrogens is 1. The number of nitrogens with zero attached hydrogens (tertiary/aromatic N) is 2. The van der Waals surface area contributed by atoms with Crippen molar-refractivity contribution in [3.8, 4) is 10.6 Å². The first-order valence-electron chi connectivity index (χ1n) is 6.32. The van der Waals surface area contributed by atoms with Gasteiger partial charge in [-0.3, -0.25) is 15.4 Å². The van der Waals surface area contributed by atoms with E-state index in [0.717, 1.165) is 0 Å². The number of anilines is 1. The van der Waals surface area contributed by atoms with Gasteiger partial charge in [0, 0.05) is 23.4 Å². The third-order valence-corrected chi connectivity index (χ3v) is 4.07. The van der Waals surface area contributed by atoms with Crippen molar-refractivity contribution in [1.29, 1.82) is 0 Å². The van der Waals surface area contributed by atoms with Crippen LogP contribution in [-0.4, -0.2) is 16.2 Å². The standard InChI is InChI=1S/C14H8F3N3O2S/c15-14(16,17)19-9-3-6-11-12(7-9)23-13(18-11)8-1-4-10(5-2-8)20(21)22/h1-7,19H. The second-order valence-electron chi connectivity index (χ2n) is 4.63. The minimum atomic E-state index is -4.50. The summed E-state index contributed by atoms with van der Waals surface area (Å²) in [6.07, 6.45) is -4.50. The highest BCUT2D eigenvalue weighted by Gasteiger charge is 2.27. The second-order valence-corrected chi connectivity index (χ2v) is 5.66. The van der Waals surface area contributed by atoms with Crippen LogP contribution in [0.25, 0.3) is 20.8 Å². The van der Waals surface area contributed by atoms with Gasteiger partial charge < -0.3 is 0 Å². The van der Waals surface area contributed by atoms with Crippen LogP contribution in [0.4, 0.5) is 24.5 Å². The SMILES string of the molecule is O=[N+]([O-])c1ccc(-c2nc3ccc(NC(F)(F)F)cc3s2)cc1. The van der Waals surface area contributed by atoms with Gasteiger partial charge in [-0.25, -0.2) is 4.98 Å². The molecule has 3 aromatic rings. The Balaban J connectivity index is 1.94. The zero-order chi connectivity index (χ0) is 16.6. The Kier molecular flexibility index (Phi) is 3.64. The number of rotatable bonds is 3. The van der Waals surface area contributed by atoms with Crippen molar-refractivity contribution < 1.29 is 18.1 Å². The Morgan fingerprint density at radius 2 is 1.83 bits per heavy atom. The van der Waals surface area contributed by atoms with Gasteiger partial charge in [0.2, 0.25) is 0 Å². The van der Waals surface area contributed by atoms with Gasteiger partial charge >= 0.3 is 6.30 Å². The number of non-ortho nitro benzene ring substituents is 1. The molecule has 0 fully saturated rings. The lowest BCUT2D eigenvalue weighted by molar-refractivity contribution is -0.384. The summed E-state index contributed by atoms with van der Waals surface area (Å²) >= 11 is 1.22. The number of alkyl halides is 3. The summed E-state index contributed by atoms with van der Waals surface area (Å²) in [6.45, 7) is 0. The maximum absolute atomic E-state index is 12.3. The molecule has 3 rings (SSSR count). The third kappa shape index (κ3) is 3.39. The summed E-state index contributed by atoms with van der Waals surface area (Å²) < 4.78 is 37.6. The predicted molar refractivity (Wildman–Crippen MR) is 81.4 cm³/mol. The summed E-state index contributed by atoms with van der Waals surface area (Å²) in [7, 11) is 0. The lowest BCUT2D eigenvalue weighted by Crippen LogP contribution is -2.20. The van der Waals surface area contributed by atoms with Gasteiger partial charge in [0.25, 0.3) is 5.69 Å². The van der Waals surface area contributed by atoms with Gasteiger partial charge in [-0.1, -0.05) is 0 Å². The zero-order valence-electron chi connectivity index (χ0n) is 11.3. The number of thiazole rings is 1. The zero-order valence-corrected chi connectivity index (χ0v) is 12.1. The van der Waals surface area contributed by atoms with E-state index >= 15 is 0 Å². The Hall–Kier alpha value is -2.68. The molecule has 118 valence electrons. The highest BCUT2D eigenvalue weighted by molar-refractivity contribution is 7.21. The quantitative estimate of drug-likeness (QED) is 0.423. The molecule has 0 saturated carbocycles. The minimum absolute atomic E-state index is 0.0356. The molecule has 1 N–H and O–H groups in total. The lowest BCUT2D eigenvalue weighted by Gasteiger charge is -2.09. The Morgan fingerprint density at radius 1 is 1.13 bits per heavy atom. The monoisotopic (exact) mass is 339 g/mol. The van der Waals surface area contributed by atoms with E-state index < -0.39 is 11.2 Å². The maximum atomic E-state index is 12.3. The number of halogens is 3. The number of fused-ring (bicyclic) bond motifs is 1. The molecule has 0 bridgehead atoms. The van der Waals surface area contributed by atoms with E-state index in [2.05, 4.69) is 4.98 Å². The number of nitro benzene ring substituents is 1. The Bertz CT molecular complexity index is 875. The van der Waals surface area contributed by atoms with Crippen molar-refractivity contribution in [3.63, 3.8) is 0 Å². The van der Waals surface area contributed by atoms with Crippen LogP contribution in [0.3, 0.4) is 0 Å². The number of benzene rings is 2. The summed E-state index contributed by atoms with van der Waals surface area (Å²) in [5, 5.41) is 12.7. The van der Waals surface area contributed by atoms with Gasteiger partial charge in [0.05, 0.1) is 15.1 Å². The molecule has 2 aromatic carbocycles. The van der Waals surface area contributed by atoms with E-state index in [1.807, 2.05) is 0 Å². The summed E-state index contributed by atoms with van der Waals surface area (Å²) in [5.74, 6) is 0. The summed E-state index contributed by atoms with van der Waals surface area (Å²) in [4.78, 5) is 14.5. The van der Waals surface area contributed by atoms with Crippen molar-refractivity contribution in [3.05, 3.63) is 52.6 Å². The first-order chi connectivity index (χ1) is 10.8. The average molecular weight is 339 g/mol. The van der Waals surface area contributed by atoms with E-state index in [-0.39, 0.29) is 11.4 Å². The Morgan fingerprint density at radius 3 is 2.43 bits per heavy atom. The normalized spacial score (nSPS) is 11.6. The van der Waals surface area contributed by atoms with Crippen molar-refractivity contribution in [1.82, 2.24) is 4.98 Å². The summed E-state index contributed by atoms with van der Waals surface area (Å²) in [6, 6.07) is 10.0. The maximum Gasteiger partial charge on any atom is 0.482 e. The molecule has 5 nitrogen and oxygen atoms in total. The lowest BCUT2D eigenvalue weighted by atomic mass is 10.2. The first-order valence-corrected chi connectivity index (χ1v) is 7.14. The van der Waals surface area contributed by atoms with Crippen LogP contribution in [0, 0.1) is 10.1 Å². The molecule has 1 aromatic heterocycles. The molecule has 0 aliphatic carbocycles. The van der Waals surface area contributed by atoms with Crippen LogP contribution in [0.15, 0.2) is 42.5 Å². The van der Waals surface area contributed by atoms with Crippen LogP contribution >= 0.6 is 11.3 Å². The van der Waals surface area contributed by atoms with Crippen molar-refractivity contribution >= 4 is 32.9 Å². The molecule has 1 heterocycles. The minimum Gasteiger partial charge on any atom is -0.297 e. The van der Waals surface area contributed by atoms with Crippen molar-refractivity contribution in [2.24, 2.45) is 0 Å². The smallest absolute Gasteiger partial charge is 0.297 e. The van der Waals surface area contributed by atoms with Gasteiger partial charge in [0.1, 0.15) is 5.01 Å². The molecule has 0 saturated heterocycles. The number of hydrogen-bond donors (Lipinski definition) is 1. The van der Waals surface area contributed by atoms with Gasteiger partial charge in [-0.05, 0) is 30.3 Å². The van der Waals surface area contributed by atoms with E-state index in [0.29, 0.717) is 20.8 Å². The number of nitrogens with one attached hydrogen (secondary N) is 1. The van der Waals surface area contributed by atoms with Crippen LogP contribution in [0.2, 0.25) is 0 Å². The van der Waals surface area contributed by atoms with Crippen LogP contribution in [-0.2, 0) is 0 Å². The molecule has 0 atom stereocenters. The van der Waals surface area contributed by atoms with E-state index in [4.69, 9.17) is 0 Å². The molecule has 0 amide bonds. The van der Waals surface area contributed by atoms with Gasteiger partial charge in [0.15, 0.2) is 0 Å². The van der Waals surface area contributed by atoms with Crippen LogP contribution in [0.5, 0.6) is 0 Å². The average Bonchev–Trinajstić information content (AvgIpc) is 2.88. The molecule has 0 aliphatic heterocycles. The highest BCUT2D eigenvalue weighted by atomic mass is 32.1. The highest BCUT2D eigenvalue weighted by Crippen LogP contribution is 2.33. The fourth-order valence-corrected chi connectivity index (χ4v) is 3.03. The molecular weight excluding hydrogens is 331 g/mol. The van der Waals surface area contributed by atoms with Crippen LogP contribution < -0.4 is 5.32 Å². The molecule has 0 unspecified atom stereocenters. The van der Waals surface area contributed by atoms with Crippen molar-refractivity contribution in [2.75, 3.05) is 5.32 Å². The summed E-state index contributed by atoms with van der Waals surface area (Å²) in [5.41, 5.74) is 1.13. The van der Waals surface area contributed by atoms with E-state index in [1.165, 1.54) is 47.0 Å². The van der Waals surface area contributed by atoms with Gasteiger partial charge in [-0.15, -0.1) is 11.3 Å². The van der Waals surface area contributed by atoms with Crippen molar-refractivity contribution in [2.45, 2.75) is 6.30 Å². The largest absolute Gasteiger partial charge is 0.482 e. The van der Waals surface area contributed by atoms with Gasteiger partial charge in [-0.2, -0.15) is 13.2 Å². The number of nitro groups is 1. The van der Waals surface area contributed by atoms with E-state index in [1.54, 1.807) is 12.1 Å². The molecular formula is C14H8F3N3O2S.